The number of thioether (sulfide) groups is 1. The van der Waals surface area contributed by atoms with E-state index in [2.05, 4.69) is 10.3 Å². The standard InChI is InChI=1S/C16H10ClFN2O2S/c17-10-1-4-12(5-2-10)19-16-20-15(22)14(23-16)8-9-7-11(18)3-6-13(9)21/h1-8,21H,(H,19,20,22)/b14-8-. The van der Waals surface area contributed by atoms with Crippen LogP contribution in [0.2, 0.25) is 5.02 Å². The predicted molar refractivity (Wildman–Crippen MR) is 90.3 cm³/mol. The highest BCUT2D eigenvalue weighted by atomic mass is 35.5. The van der Waals surface area contributed by atoms with Crippen molar-refractivity contribution in [2.75, 3.05) is 0 Å². The molecule has 1 aliphatic rings. The Morgan fingerprint density at radius 1 is 1.22 bits per heavy atom. The van der Waals surface area contributed by atoms with Crippen molar-refractivity contribution in [3.8, 4) is 5.75 Å². The van der Waals surface area contributed by atoms with Crippen molar-refractivity contribution in [1.82, 2.24) is 5.32 Å². The van der Waals surface area contributed by atoms with Crippen molar-refractivity contribution in [2.24, 2.45) is 4.99 Å². The van der Waals surface area contributed by atoms with Crippen LogP contribution in [0.5, 0.6) is 5.75 Å². The molecule has 0 radical (unpaired) electrons. The first kappa shape index (κ1) is 15.6. The molecule has 1 saturated heterocycles. The number of amides is 1. The molecule has 0 unspecified atom stereocenters. The molecule has 7 heteroatoms. The van der Waals surface area contributed by atoms with Crippen LogP contribution in [0.15, 0.2) is 52.4 Å². The molecule has 1 heterocycles. The highest BCUT2D eigenvalue weighted by Gasteiger charge is 2.24. The summed E-state index contributed by atoms with van der Waals surface area (Å²) < 4.78 is 13.2. The number of carbonyl (C=O) groups excluding carboxylic acids is 1. The molecule has 0 aliphatic carbocycles. The van der Waals surface area contributed by atoms with Crippen LogP contribution in [-0.2, 0) is 4.79 Å². The van der Waals surface area contributed by atoms with E-state index in [4.69, 9.17) is 11.6 Å². The van der Waals surface area contributed by atoms with Crippen molar-refractivity contribution < 1.29 is 14.3 Å². The number of amidine groups is 1. The summed E-state index contributed by atoms with van der Waals surface area (Å²) >= 11 is 6.92. The molecule has 1 aliphatic heterocycles. The number of rotatable bonds is 2. The number of carbonyl (C=O) groups is 1. The van der Waals surface area contributed by atoms with Crippen molar-refractivity contribution >= 4 is 46.2 Å². The summed E-state index contributed by atoms with van der Waals surface area (Å²) in [7, 11) is 0. The quantitative estimate of drug-likeness (QED) is 0.804. The van der Waals surface area contributed by atoms with Crippen LogP contribution in [0.25, 0.3) is 6.08 Å². The third kappa shape index (κ3) is 3.72. The van der Waals surface area contributed by atoms with E-state index in [0.717, 1.165) is 23.9 Å². The van der Waals surface area contributed by atoms with Gasteiger partial charge in [-0.2, -0.15) is 0 Å². The number of nitrogens with one attached hydrogen (secondary N) is 1. The minimum Gasteiger partial charge on any atom is -0.507 e. The SMILES string of the molecule is O=C1NC(=Nc2ccc(Cl)cc2)S/C1=C\c1cc(F)ccc1O. The number of benzene rings is 2. The monoisotopic (exact) mass is 348 g/mol. The van der Waals surface area contributed by atoms with Gasteiger partial charge in [0.15, 0.2) is 5.17 Å². The van der Waals surface area contributed by atoms with Crippen molar-refractivity contribution in [2.45, 2.75) is 0 Å². The lowest BCUT2D eigenvalue weighted by Crippen LogP contribution is -2.19. The number of hydrogen-bond acceptors (Lipinski definition) is 4. The molecule has 2 aromatic carbocycles. The Bertz CT molecular complexity index is 834. The van der Waals surface area contributed by atoms with Gasteiger partial charge in [0.25, 0.3) is 5.91 Å². The van der Waals surface area contributed by atoms with E-state index in [-0.39, 0.29) is 17.2 Å². The van der Waals surface area contributed by atoms with E-state index < -0.39 is 5.82 Å². The van der Waals surface area contributed by atoms with Gasteiger partial charge in [0.05, 0.1) is 10.6 Å². The fourth-order valence-corrected chi connectivity index (χ4v) is 2.85. The lowest BCUT2D eigenvalue weighted by molar-refractivity contribution is -0.115. The minimum absolute atomic E-state index is 0.101. The van der Waals surface area contributed by atoms with Crippen LogP contribution < -0.4 is 5.32 Å². The zero-order chi connectivity index (χ0) is 16.4. The highest BCUT2D eigenvalue weighted by molar-refractivity contribution is 8.18. The Kier molecular flexibility index (Phi) is 4.36. The normalized spacial score (nSPS) is 17.7. The summed E-state index contributed by atoms with van der Waals surface area (Å²) in [5, 5.41) is 13.3. The van der Waals surface area contributed by atoms with E-state index in [0.29, 0.717) is 20.8 Å². The van der Waals surface area contributed by atoms with Gasteiger partial charge in [-0.1, -0.05) is 11.6 Å². The molecule has 23 heavy (non-hydrogen) atoms. The summed E-state index contributed by atoms with van der Waals surface area (Å²) in [6.07, 6.45) is 1.42. The van der Waals surface area contributed by atoms with Crippen molar-refractivity contribution in [3.63, 3.8) is 0 Å². The highest BCUT2D eigenvalue weighted by Crippen LogP contribution is 2.30. The third-order valence-electron chi connectivity index (χ3n) is 2.98. The van der Waals surface area contributed by atoms with Gasteiger partial charge in [-0.25, -0.2) is 9.38 Å². The first-order valence-electron chi connectivity index (χ1n) is 6.55. The van der Waals surface area contributed by atoms with Crippen LogP contribution in [0, 0.1) is 5.82 Å². The largest absolute Gasteiger partial charge is 0.507 e. The summed E-state index contributed by atoms with van der Waals surface area (Å²) in [4.78, 5) is 16.6. The van der Waals surface area contributed by atoms with Gasteiger partial charge in [-0.05, 0) is 60.3 Å². The Labute approximate surface area is 140 Å². The number of aromatic hydroxyl groups is 1. The average Bonchev–Trinajstić information content (AvgIpc) is 2.85. The van der Waals surface area contributed by atoms with E-state index in [1.54, 1.807) is 24.3 Å². The van der Waals surface area contributed by atoms with Gasteiger partial charge in [-0.3, -0.25) is 4.79 Å². The molecule has 2 N–H and O–H groups in total. The second-order valence-corrected chi connectivity index (χ2v) is 6.13. The zero-order valence-corrected chi connectivity index (χ0v) is 13.2. The average molecular weight is 349 g/mol. The number of phenolic OH excluding ortho intramolecular Hbond substituents is 1. The molecule has 0 atom stereocenters. The van der Waals surface area contributed by atoms with E-state index >= 15 is 0 Å². The fourth-order valence-electron chi connectivity index (χ4n) is 1.90. The van der Waals surface area contributed by atoms with Gasteiger partial charge < -0.3 is 10.4 Å². The molecule has 2 aromatic rings. The maximum atomic E-state index is 13.2. The molecule has 116 valence electrons. The Balaban J connectivity index is 1.86. The molecule has 0 aromatic heterocycles. The predicted octanol–water partition coefficient (Wildman–Crippen LogP) is 4.08. The third-order valence-corrected chi connectivity index (χ3v) is 4.15. The number of aliphatic imine (C=N–C) groups is 1. The molecular formula is C16H10ClFN2O2S. The number of hydrogen-bond donors (Lipinski definition) is 2. The van der Waals surface area contributed by atoms with Crippen molar-refractivity contribution in [3.05, 3.63) is 63.8 Å². The molecule has 1 amide bonds. The molecule has 1 fully saturated rings. The van der Waals surface area contributed by atoms with Gasteiger partial charge in [0.2, 0.25) is 0 Å². The second kappa shape index (κ2) is 6.44. The van der Waals surface area contributed by atoms with Crippen molar-refractivity contribution in [1.29, 1.82) is 0 Å². The summed E-state index contributed by atoms with van der Waals surface area (Å²) in [6, 6.07) is 10.4. The molecule has 0 bridgehead atoms. The maximum Gasteiger partial charge on any atom is 0.264 e. The first-order valence-corrected chi connectivity index (χ1v) is 7.74. The Hall–Kier alpha value is -2.31. The van der Waals surface area contributed by atoms with Gasteiger partial charge in [0.1, 0.15) is 11.6 Å². The van der Waals surface area contributed by atoms with Crippen LogP contribution >= 0.6 is 23.4 Å². The van der Waals surface area contributed by atoms with Crippen LogP contribution in [0.1, 0.15) is 5.56 Å². The molecule has 3 rings (SSSR count). The number of nitrogens with zero attached hydrogens (tertiary/aromatic N) is 1. The van der Waals surface area contributed by atoms with Gasteiger partial charge >= 0.3 is 0 Å². The maximum absolute atomic E-state index is 13.2. The summed E-state index contributed by atoms with van der Waals surface area (Å²) in [5.74, 6) is -0.949. The molecule has 4 nitrogen and oxygen atoms in total. The summed E-state index contributed by atoms with van der Waals surface area (Å²) in [6.45, 7) is 0. The molecule has 0 saturated carbocycles. The van der Waals surface area contributed by atoms with E-state index in [9.17, 15) is 14.3 Å². The van der Waals surface area contributed by atoms with Crippen LogP contribution in [-0.4, -0.2) is 16.2 Å². The lowest BCUT2D eigenvalue weighted by Gasteiger charge is -1.99. The first-order chi connectivity index (χ1) is 11.0. The van der Waals surface area contributed by atoms with Gasteiger partial charge in [0, 0.05) is 10.6 Å². The van der Waals surface area contributed by atoms with Crippen LogP contribution in [0.3, 0.4) is 0 Å². The Morgan fingerprint density at radius 2 is 1.96 bits per heavy atom. The van der Waals surface area contributed by atoms with Gasteiger partial charge in [-0.15, -0.1) is 0 Å². The Morgan fingerprint density at radius 3 is 2.70 bits per heavy atom. The minimum atomic E-state index is -0.492. The number of phenols is 1. The number of halogens is 2. The van der Waals surface area contributed by atoms with E-state index in [1.165, 1.54) is 12.1 Å². The lowest BCUT2D eigenvalue weighted by atomic mass is 10.2. The molecular weight excluding hydrogens is 339 g/mol. The van der Waals surface area contributed by atoms with E-state index in [1.807, 2.05) is 0 Å². The smallest absolute Gasteiger partial charge is 0.264 e. The topological polar surface area (TPSA) is 61.7 Å². The summed E-state index contributed by atoms with van der Waals surface area (Å²) in [5.41, 5.74) is 0.877. The van der Waals surface area contributed by atoms with Crippen LogP contribution in [0.4, 0.5) is 10.1 Å². The zero-order valence-electron chi connectivity index (χ0n) is 11.6. The second-order valence-electron chi connectivity index (χ2n) is 4.66. The fraction of sp³-hybridized carbons (Fsp3) is 0. The molecule has 0 spiro atoms.